The van der Waals surface area contributed by atoms with Crippen molar-refractivity contribution in [2.24, 2.45) is 0 Å². The van der Waals surface area contributed by atoms with Gasteiger partial charge in [-0.2, -0.15) is 5.26 Å². The Hall–Kier alpha value is -2.02. The van der Waals surface area contributed by atoms with E-state index in [0.29, 0.717) is 6.29 Å². The van der Waals surface area contributed by atoms with E-state index in [1.54, 1.807) is 6.07 Å². The maximum absolute atomic E-state index is 13.1. The number of hydrogen-bond acceptors (Lipinski definition) is 3. The Balaban J connectivity index is 3.61. The molecule has 0 amide bonds. The highest BCUT2D eigenvalue weighted by atomic mass is 19.1. The number of benzene rings is 1. The molecule has 70 valence electrons. The largest absolute Gasteiger partial charge is 0.298 e. The van der Waals surface area contributed by atoms with Gasteiger partial charge in [0, 0.05) is 5.56 Å². The summed E-state index contributed by atoms with van der Waals surface area (Å²) in [7, 11) is 0. The SMILES string of the molecule is CC(=O)c1c(F)ccc(C=O)c1C#N. The zero-order chi connectivity index (χ0) is 10.7. The molecule has 0 aliphatic heterocycles. The van der Waals surface area contributed by atoms with Crippen LogP contribution in [0.2, 0.25) is 0 Å². The van der Waals surface area contributed by atoms with Crippen LogP contribution in [0.25, 0.3) is 0 Å². The Bertz CT molecular complexity index is 446. The molecule has 1 aromatic carbocycles. The van der Waals surface area contributed by atoms with Gasteiger partial charge in [0.2, 0.25) is 0 Å². The lowest BCUT2D eigenvalue weighted by Gasteiger charge is -2.02. The zero-order valence-electron chi connectivity index (χ0n) is 7.37. The van der Waals surface area contributed by atoms with E-state index in [4.69, 9.17) is 5.26 Å². The highest BCUT2D eigenvalue weighted by Crippen LogP contribution is 2.17. The average molecular weight is 191 g/mol. The van der Waals surface area contributed by atoms with Crippen molar-refractivity contribution >= 4 is 12.1 Å². The molecule has 0 N–H and O–H groups in total. The van der Waals surface area contributed by atoms with Crippen molar-refractivity contribution in [3.05, 3.63) is 34.6 Å². The molecule has 0 saturated carbocycles. The van der Waals surface area contributed by atoms with Crippen LogP contribution in [0, 0.1) is 17.1 Å². The first-order chi connectivity index (χ1) is 6.61. The van der Waals surface area contributed by atoms with Crippen LogP contribution in [-0.2, 0) is 0 Å². The lowest BCUT2D eigenvalue weighted by Crippen LogP contribution is -2.04. The van der Waals surface area contributed by atoms with Crippen molar-refractivity contribution < 1.29 is 14.0 Å². The second-order valence-corrected chi connectivity index (χ2v) is 2.67. The standard InChI is InChI=1S/C10H6FNO2/c1-6(14)10-8(4-12)7(5-13)2-3-9(10)11/h2-3,5H,1H3. The summed E-state index contributed by atoms with van der Waals surface area (Å²) < 4.78 is 13.1. The van der Waals surface area contributed by atoms with Gasteiger partial charge < -0.3 is 0 Å². The van der Waals surface area contributed by atoms with Gasteiger partial charge in [0.1, 0.15) is 11.9 Å². The molecule has 14 heavy (non-hydrogen) atoms. The molecule has 0 spiro atoms. The van der Waals surface area contributed by atoms with E-state index in [1.165, 1.54) is 6.07 Å². The maximum Gasteiger partial charge on any atom is 0.164 e. The number of ketones is 1. The summed E-state index contributed by atoms with van der Waals surface area (Å²) in [5.41, 5.74) is -0.497. The fourth-order valence-corrected chi connectivity index (χ4v) is 1.16. The minimum absolute atomic E-state index is 0.0269. The maximum atomic E-state index is 13.1. The number of hydrogen-bond donors (Lipinski definition) is 0. The number of halogens is 1. The molecule has 0 aromatic heterocycles. The number of carbonyl (C=O) groups is 2. The summed E-state index contributed by atoms with van der Waals surface area (Å²) in [5, 5.41) is 8.68. The summed E-state index contributed by atoms with van der Waals surface area (Å²) in [6.07, 6.45) is 0.421. The predicted molar refractivity (Wildman–Crippen MR) is 46.5 cm³/mol. The molecular formula is C10H6FNO2. The first kappa shape index (κ1) is 10.1. The molecule has 4 heteroatoms. The van der Waals surface area contributed by atoms with Crippen molar-refractivity contribution in [1.29, 1.82) is 5.26 Å². The van der Waals surface area contributed by atoms with Gasteiger partial charge in [0.15, 0.2) is 12.1 Å². The number of Topliss-reactive ketones (excluding diaryl/α,β-unsaturated/α-hetero) is 1. The predicted octanol–water partition coefficient (Wildman–Crippen LogP) is 1.71. The second kappa shape index (κ2) is 3.79. The van der Waals surface area contributed by atoms with E-state index in [2.05, 4.69) is 0 Å². The Morgan fingerprint density at radius 2 is 2.21 bits per heavy atom. The van der Waals surface area contributed by atoms with Gasteiger partial charge in [0.05, 0.1) is 11.1 Å². The molecular weight excluding hydrogens is 185 g/mol. The molecule has 0 heterocycles. The first-order valence-corrected chi connectivity index (χ1v) is 3.80. The third-order valence-corrected chi connectivity index (χ3v) is 1.78. The fraction of sp³-hybridized carbons (Fsp3) is 0.100. The van der Waals surface area contributed by atoms with Crippen LogP contribution in [0.3, 0.4) is 0 Å². The van der Waals surface area contributed by atoms with Crippen LogP contribution in [0.1, 0.15) is 33.2 Å². The minimum Gasteiger partial charge on any atom is -0.298 e. The van der Waals surface area contributed by atoms with Crippen LogP contribution >= 0.6 is 0 Å². The molecule has 0 unspecified atom stereocenters. The number of carbonyl (C=O) groups excluding carboxylic acids is 2. The highest BCUT2D eigenvalue weighted by molar-refractivity contribution is 5.99. The Morgan fingerprint density at radius 3 is 2.64 bits per heavy atom. The van der Waals surface area contributed by atoms with E-state index in [0.717, 1.165) is 13.0 Å². The van der Waals surface area contributed by atoms with Crippen LogP contribution in [0.4, 0.5) is 4.39 Å². The monoisotopic (exact) mass is 191 g/mol. The Kier molecular flexibility index (Phi) is 2.73. The summed E-state index contributed by atoms with van der Waals surface area (Å²) in [6, 6.07) is 3.82. The van der Waals surface area contributed by atoms with Crippen LogP contribution < -0.4 is 0 Å². The molecule has 0 aliphatic carbocycles. The van der Waals surface area contributed by atoms with E-state index in [9.17, 15) is 14.0 Å². The third kappa shape index (κ3) is 1.52. The summed E-state index contributed by atoms with van der Waals surface area (Å²) in [6.45, 7) is 1.15. The smallest absolute Gasteiger partial charge is 0.164 e. The topological polar surface area (TPSA) is 57.9 Å². The van der Waals surface area contributed by atoms with Gasteiger partial charge >= 0.3 is 0 Å². The summed E-state index contributed by atoms with van der Waals surface area (Å²) >= 11 is 0. The molecule has 0 radical (unpaired) electrons. The highest BCUT2D eigenvalue weighted by Gasteiger charge is 2.16. The molecule has 0 fully saturated rings. The molecule has 0 bridgehead atoms. The van der Waals surface area contributed by atoms with Crippen LogP contribution in [0.15, 0.2) is 12.1 Å². The van der Waals surface area contributed by atoms with Crippen molar-refractivity contribution in [1.82, 2.24) is 0 Å². The molecule has 0 atom stereocenters. The molecule has 0 saturated heterocycles. The number of aldehydes is 1. The summed E-state index contributed by atoms with van der Waals surface area (Å²) in [4.78, 5) is 21.5. The van der Waals surface area contributed by atoms with Gasteiger partial charge in [-0.1, -0.05) is 0 Å². The lowest BCUT2D eigenvalue weighted by molar-refractivity contribution is 0.101. The van der Waals surface area contributed by atoms with Gasteiger partial charge in [-0.3, -0.25) is 9.59 Å². The lowest BCUT2D eigenvalue weighted by atomic mass is 9.99. The normalized spacial score (nSPS) is 9.21. The Morgan fingerprint density at radius 1 is 1.57 bits per heavy atom. The zero-order valence-corrected chi connectivity index (χ0v) is 7.37. The average Bonchev–Trinajstić information content (AvgIpc) is 2.16. The van der Waals surface area contributed by atoms with Gasteiger partial charge in [-0.05, 0) is 19.1 Å². The van der Waals surface area contributed by atoms with E-state index in [1.807, 2.05) is 0 Å². The minimum atomic E-state index is -0.778. The van der Waals surface area contributed by atoms with Crippen LogP contribution in [0.5, 0.6) is 0 Å². The molecule has 1 aromatic rings. The first-order valence-electron chi connectivity index (χ1n) is 3.80. The van der Waals surface area contributed by atoms with Crippen LogP contribution in [-0.4, -0.2) is 12.1 Å². The third-order valence-electron chi connectivity index (χ3n) is 1.78. The summed E-state index contributed by atoms with van der Waals surface area (Å²) in [5.74, 6) is -1.35. The Labute approximate surface area is 79.8 Å². The number of nitrogens with zero attached hydrogens (tertiary/aromatic N) is 1. The van der Waals surface area contributed by atoms with E-state index < -0.39 is 11.6 Å². The second-order valence-electron chi connectivity index (χ2n) is 2.67. The van der Waals surface area contributed by atoms with Crippen molar-refractivity contribution in [3.63, 3.8) is 0 Å². The van der Waals surface area contributed by atoms with Crippen molar-refractivity contribution in [2.75, 3.05) is 0 Å². The van der Waals surface area contributed by atoms with Crippen molar-refractivity contribution in [2.45, 2.75) is 6.92 Å². The molecule has 0 aliphatic rings. The quantitative estimate of drug-likeness (QED) is 0.528. The van der Waals surface area contributed by atoms with Crippen molar-refractivity contribution in [3.8, 4) is 6.07 Å². The van der Waals surface area contributed by atoms with Gasteiger partial charge in [-0.25, -0.2) is 4.39 Å². The van der Waals surface area contributed by atoms with E-state index in [-0.39, 0.29) is 16.7 Å². The van der Waals surface area contributed by atoms with Gasteiger partial charge in [0.25, 0.3) is 0 Å². The fourth-order valence-electron chi connectivity index (χ4n) is 1.16. The molecule has 1 rings (SSSR count). The number of rotatable bonds is 2. The molecule has 3 nitrogen and oxygen atoms in total. The van der Waals surface area contributed by atoms with E-state index >= 15 is 0 Å². The number of nitriles is 1. The van der Waals surface area contributed by atoms with Gasteiger partial charge in [-0.15, -0.1) is 0 Å².